The molecule has 26 heavy (non-hydrogen) atoms. The first-order valence-electron chi connectivity index (χ1n) is 9.50. The summed E-state index contributed by atoms with van der Waals surface area (Å²) in [5, 5.41) is 0. The molecule has 2 rings (SSSR count). The highest BCUT2D eigenvalue weighted by atomic mass is 16.5. The minimum atomic E-state index is -0.504. The molecule has 1 amide bonds. The fraction of sp³-hybridized carbons (Fsp3) is 0.619. The summed E-state index contributed by atoms with van der Waals surface area (Å²) in [5.41, 5.74) is 0.545. The lowest BCUT2D eigenvalue weighted by Gasteiger charge is -2.40. The van der Waals surface area contributed by atoms with E-state index in [0.717, 1.165) is 43.4 Å². The van der Waals surface area contributed by atoms with Gasteiger partial charge in [-0.1, -0.05) is 38.3 Å². The highest BCUT2D eigenvalue weighted by molar-refractivity contribution is 5.89. The van der Waals surface area contributed by atoms with Crippen LogP contribution < -0.4 is 4.74 Å². The standard InChI is InChI=1S/C21H31NO4/c1-5-22(15-16(2)19(23)26-4)20(24)21(13-7-6-8-14-21)17-9-11-18(25-3)12-10-17/h9-12,16H,5-8,13-15H2,1-4H3. The quantitative estimate of drug-likeness (QED) is 0.697. The lowest BCUT2D eigenvalue weighted by Crippen LogP contribution is -2.49. The maximum absolute atomic E-state index is 13.6. The molecular weight excluding hydrogens is 330 g/mol. The topological polar surface area (TPSA) is 55.8 Å². The summed E-state index contributed by atoms with van der Waals surface area (Å²) in [5.74, 6) is 0.304. The number of rotatable bonds is 7. The van der Waals surface area contributed by atoms with Gasteiger partial charge in [0.05, 0.1) is 25.6 Å². The molecule has 0 spiro atoms. The molecule has 1 aliphatic carbocycles. The zero-order chi connectivity index (χ0) is 19.2. The SMILES string of the molecule is CCN(CC(C)C(=O)OC)C(=O)C1(c2ccc(OC)cc2)CCCCC1. The minimum Gasteiger partial charge on any atom is -0.497 e. The molecule has 1 fully saturated rings. The van der Waals surface area contributed by atoms with Crippen molar-refractivity contribution in [2.75, 3.05) is 27.3 Å². The zero-order valence-electron chi connectivity index (χ0n) is 16.4. The van der Waals surface area contributed by atoms with Crippen molar-refractivity contribution in [1.82, 2.24) is 4.90 Å². The van der Waals surface area contributed by atoms with Crippen molar-refractivity contribution < 1.29 is 19.1 Å². The summed E-state index contributed by atoms with van der Waals surface area (Å²) < 4.78 is 10.1. The van der Waals surface area contributed by atoms with Gasteiger partial charge in [0.2, 0.25) is 5.91 Å². The largest absolute Gasteiger partial charge is 0.497 e. The van der Waals surface area contributed by atoms with Gasteiger partial charge in [0.1, 0.15) is 5.75 Å². The third kappa shape index (κ3) is 4.19. The molecule has 0 heterocycles. The summed E-state index contributed by atoms with van der Waals surface area (Å²) >= 11 is 0. The van der Waals surface area contributed by atoms with Crippen LogP contribution in [0.5, 0.6) is 5.75 Å². The molecule has 0 N–H and O–H groups in total. The van der Waals surface area contributed by atoms with Crippen molar-refractivity contribution >= 4 is 11.9 Å². The molecule has 5 nitrogen and oxygen atoms in total. The molecule has 1 unspecified atom stereocenters. The number of carbonyl (C=O) groups is 2. The van der Waals surface area contributed by atoms with E-state index in [4.69, 9.17) is 9.47 Å². The molecule has 0 bridgehead atoms. The lowest BCUT2D eigenvalue weighted by atomic mass is 9.68. The van der Waals surface area contributed by atoms with Crippen LogP contribution in [0.15, 0.2) is 24.3 Å². The third-order valence-corrected chi connectivity index (χ3v) is 5.53. The van der Waals surface area contributed by atoms with E-state index >= 15 is 0 Å². The summed E-state index contributed by atoms with van der Waals surface area (Å²) in [7, 11) is 3.03. The number of methoxy groups -OCH3 is 2. The molecule has 1 aliphatic rings. The second kappa shape index (κ2) is 9.06. The molecule has 0 saturated heterocycles. The van der Waals surface area contributed by atoms with Crippen LogP contribution in [0.4, 0.5) is 0 Å². The number of hydrogen-bond donors (Lipinski definition) is 0. The van der Waals surface area contributed by atoms with E-state index in [1.54, 1.807) is 7.11 Å². The van der Waals surface area contributed by atoms with Crippen LogP contribution >= 0.6 is 0 Å². The number of ether oxygens (including phenoxy) is 2. The molecule has 0 aliphatic heterocycles. The fourth-order valence-electron chi connectivity index (χ4n) is 3.96. The van der Waals surface area contributed by atoms with Crippen LogP contribution in [0.2, 0.25) is 0 Å². The second-order valence-corrected chi connectivity index (χ2v) is 7.14. The predicted molar refractivity (Wildman–Crippen MR) is 101 cm³/mol. The van der Waals surface area contributed by atoms with E-state index in [9.17, 15) is 9.59 Å². The number of carbonyl (C=O) groups excluding carboxylic acids is 2. The molecule has 0 radical (unpaired) electrons. The Kier molecular flexibility index (Phi) is 7.06. The highest BCUT2D eigenvalue weighted by Gasteiger charge is 2.43. The molecule has 1 atom stereocenters. The van der Waals surface area contributed by atoms with E-state index in [1.165, 1.54) is 7.11 Å². The maximum Gasteiger partial charge on any atom is 0.310 e. The number of likely N-dealkylation sites (N-methyl/N-ethyl adjacent to an activating group) is 1. The average Bonchev–Trinajstić information content (AvgIpc) is 2.71. The second-order valence-electron chi connectivity index (χ2n) is 7.14. The normalized spacial score (nSPS) is 17.2. The molecule has 5 heteroatoms. The molecule has 0 aromatic heterocycles. The van der Waals surface area contributed by atoms with Gasteiger partial charge in [0.25, 0.3) is 0 Å². The van der Waals surface area contributed by atoms with Crippen LogP contribution in [0.3, 0.4) is 0 Å². The number of nitrogens with zero attached hydrogens (tertiary/aromatic N) is 1. The minimum absolute atomic E-state index is 0.126. The lowest BCUT2D eigenvalue weighted by molar-refractivity contribution is -0.147. The first-order chi connectivity index (χ1) is 12.5. The van der Waals surface area contributed by atoms with Gasteiger partial charge in [-0.05, 0) is 37.5 Å². The van der Waals surface area contributed by atoms with E-state index in [-0.39, 0.29) is 17.8 Å². The molecule has 1 aromatic carbocycles. The number of esters is 1. The zero-order valence-corrected chi connectivity index (χ0v) is 16.4. The number of benzene rings is 1. The van der Waals surface area contributed by atoms with E-state index < -0.39 is 5.41 Å². The molecule has 144 valence electrons. The van der Waals surface area contributed by atoms with E-state index in [2.05, 4.69) is 0 Å². The van der Waals surface area contributed by atoms with Gasteiger partial charge < -0.3 is 14.4 Å². The average molecular weight is 361 g/mol. The first-order valence-corrected chi connectivity index (χ1v) is 9.50. The van der Waals surface area contributed by atoms with Gasteiger partial charge in [-0.25, -0.2) is 0 Å². The molecule has 1 saturated carbocycles. The summed E-state index contributed by atoms with van der Waals surface area (Å²) in [4.78, 5) is 27.2. The van der Waals surface area contributed by atoms with Crippen LogP contribution in [-0.2, 0) is 19.7 Å². The van der Waals surface area contributed by atoms with Crippen LogP contribution in [0.1, 0.15) is 51.5 Å². The van der Waals surface area contributed by atoms with Crippen molar-refractivity contribution in [2.24, 2.45) is 5.92 Å². The van der Waals surface area contributed by atoms with E-state index in [0.29, 0.717) is 13.1 Å². The van der Waals surface area contributed by atoms with Crippen LogP contribution in [0, 0.1) is 5.92 Å². The number of amides is 1. The Morgan fingerprint density at radius 1 is 1.12 bits per heavy atom. The van der Waals surface area contributed by atoms with Crippen molar-refractivity contribution in [3.8, 4) is 5.75 Å². The summed E-state index contributed by atoms with van der Waals surface area (Å²) in [6.07, 6.45) is 4.95. The Morgan fingerprint density at radius 2 is 1.73 bits per heavy atom. The van der Waals surface area contributed by atoms with Gasteiger partial charge in [-0.2, -0.15) is 0 Å². The fourth-order valence-corrected chi connectivity index (χ4v) is 3.96. The Hall–Kier alpha value is -2.04. The van der Waals surface area contributed by atoms with Crippen LogP contribution in [0.25, 0.3) is 0 Å². The van der Waals surface area contributed by atoms with Crippen molar-refractivity contribution in [2.45, 2.75) is 51.4 Å². The Morgan fingerprint density at radius 3 is 2.23 bits per heavy atom. The monoisotopic (exact) mass is 361 g/mol. The van der Waals surface area contributed by atoms with Gasteiger partial charge in [-0.15, -0.1) is 0 Å². The summed E-state index contributed by atoms with van der Waals surface area (Å²) in [6, 6.07) is 7.87. The molecular formula is C21H31NO4. The predicted octanol–water partition coefficient (Wildman–Crippen LogP) is 3.55. The van der Waals surface area contributed by atoms with Gasteiger partial charge >= 0.3 is 5.97 Å². The molecule has 1 aromatic rings. The van der Waals surface area contributed by atoms with Crippen LogP contribution in [-0.4, -0.2) is 44.1 Å². The Bertz CT molecular complexity index is 605. The van der Waals surface area contributed by atoms with Gasteiger partial charge in [-0.3, -0.25) is 9.59 Å². The Balaban J connectivity index is 2.31. The van der Waals surface area contributed by atoms with Crippen molar-refractivity contribution in [1.29, 1.82) is 0 Å². The third-order valence-electron chi connectivity index (χ3n) is 5.53. The summed E-state index contributed by atoms with van der Waals surface area (Å²) in [6.45, 7) is 4.74. The van der Waals surface area contributed by atoms with Gasteiger partial charge in [0, 0.05) is 13.1 Å². The van der Waals surface area contributed by atoms with Crippen molar-refractivity contribution in [3.63, 3.8) is 0 Å². The maximum atomic E-state index is 13.6. The highest BCUT2D eigenvalue weighted by Crippen LogP contribution is 2.41. The van der Waals surface area contributed by atoms with Crippen molar-refractivity contribution in [3.05, 3.63) is 29.8 Å². The Labute approximate surface area is 156 Å². The van der Waals surface area contributed by atoms with E-state index in [1.807, 2.05) is 43.0 Å². The van der Waals surface area contributed by atoms with Gasteiger partial charge in [0.15, 0.2) is 0 Å². The first kappa shape index (κ1) is 20.3. The smallest absolute Gasteiger partial charge is 0.310 e. The number of hydrogen-bond acceptors (Lipinski definition) is 4.